The molecule has 5 nitrogen and oxygen atoms in total. The summed E-state index contributed by atoms with van der Waals surface area (Å²) in [7, 11) is 0. The molecule has 0 radical (unpaired) electrons. The Bertz CT molecular complexity index is 1260. The number of carbonyl (C=O) groups excluding carboxylic acids is 2. The molecule has 1 aromatic rings. The Morgan fingerprint density at radius 2 is 1.91 bits per heavy atom. The molecule has 0 aromatic heterocycles. The fourth-order valence-electron chi connectivity index (χ4n) is 11.4. The quantitative estimate of drug-likeness (QED) is 0.388. The average molecular weight is 587 g/mol. The number of allylic oxidation sites excluding steroid dienone is 1. The highest BCUT2D eigenvalue weighted by Gasteiger charge is 2.60. The molecule has 1 unspecified atom stereocenters. The summed E-state index contributed by atoms with van der Waals surface area (Å²) in [5.74, 6) is 4.59. The second-order valence-corrected chi connectivity index (χ2v) is 16.0. The van der Waals surface area contributed by atoms with Crippen molar-refractivity contribution in [1.29, 1.82) is 0 Å². The number of amides is 1. The van der Waals surface area contributed by atoms with Crippen molar-refractivity contribution in [3.63, 3.8) is 0 Å². The summed E-state index contributed by atoms with van der Waals surface area (Å²) in [4.78, 5) is 27.7. The first-order valence-corrected chi connectivity index (χ1v) is 17.6. The number of nitrogens with zero attached hydrogens (tertiary/aromatic N) is 1. The van der Waals surface area contributed by atoms with E-state index in [-0.39, 0.29) is 17.6 Å². The Hall–Kier alpha value is -1.98. The predicted octanol–water partition coefficient (Wildman–Crippen LogP) is 6.75. The first-order valence-electron chi connectivity index (χ1n) is 17.6. The van der Waals surface area contributed by atoms with Crippen molar-refractivity contribution in [1.82, 2.24) is 10.2 Å². The molecule has 1 N–H and O–H groups in total. The number of piperidine rings is 1. The van der Waals surface area contributed by atoms with E-state index in [4.69, 9.17) is 4.74 Å². The van der Waals surface area contributed by atoms with Gasteiger partial charge in [-0.2, -0.15) is 0 Å². The van der Waals surface area contributed by atoms with Crippen LogP contribution < -0.4 is 5.32 Å². The number of benzene rings is 1. The minimum atomic E-state index is -0.0660. The van der Waals surface area contributed by atoms with Crippen molar-refractivity contribution in [2.24, 2.45) is 40.9 Å². The smallest absolute Gasteiger partial charge is 0.224 e. The highest BCUT2D eigenvalue weighted by molar-refractivity contribution is 5.79. The lowest BCUT2D eigenvalue weighted by Gasteiger charge is -2.52. The van der Waals surface area contributed by atoms with E-state index in [0.717, 1.165) is 62.6 Å². The normalized spacial score (nSPS) is 42.7. The van der Waals surface area contributed by atoms with Crippen LogP contribution in [0.4, 0.5) is 0 Å². The molecule has 43 heavy (non-hydrogen) atoms. The summed E-state index contributed by atoms with van der Waals surface area (Å²) in [5.41, 5.74) is 4.76. The molecular formula is C38H54N2O3. The maximum Gasteiger partial charge on any atom is 0.224 e. The van der Waals surface area contributed by atoms with Crippen molar-refractivity contribution in [3.8, 4) is 0 Å². The molecule has 5 heteroatoms. The summed E-state index contributed by atoms with van der Waals surface area (Å²) in [5, 5.41) is 3.21. The molecule has 2 aliphatic heterocycles. The number of nitrogens with one attached hydrogen (secondary N) is 1. The molecule has 2 heterocycles. The largest absolute Gasteiger partial charge is 0.369 e. The number of Topliss-reactive ketones (excluding diaryl/α,β-unsaturated/α-hetero) is 1. The van der Waals surface area contributed by atoms with Crippen LogP contribution in [0.1, 0.15) is 97.5 Å². The summed E-state index contributed by atoms with van der Waals surface area (Å²) in [6.07, 6.45) is 12.0. The van der Waals surface area contributed by atoms with Crippen LogP contribution >= 0.6 is 0 Å². The molecule has 1 amide bonds. The van der Waals surface area contributed by atoms with Crippen LogP contribution in [0.5, 0.6) is 0 Å². The zero-order valence-corrected chi connectivity index (χ0v) is 27.1. The van der Waals surface area contributed by atoms with Crippen molar-refractivity contribution in [2.45, 2.75) is 116 Å². The molecule has 5 fully saturated rings. The third kappa shape index (κ3) is 5.25. The average Bonchev–Trinajstić information content (AvgIpc) is 3.44. The lowest BCUT2D eigenvalue weighted by molar-refractivity contribution is -0.130. The maximum absolute atomic E-state index is 12.7. The fourth-order valence-corrected chi connectivity index (χ4v) is 11.4. The second kappa shape index (κ2) is 11.4. The monoisotopic (exact) mass is 586 g/mol. The van der Waals surface area contributed by atoms with Gasteiger partial charge in [-0.25, -0.2) is 0 Å². The number of carbonyl (C=O) groups is 2. The Labute approximate surface area is 259 Å². The molecule has 10 atom stereocenters. The van der Waals surface area contributed by atoms with Crippen LogP contribution in [0.15, 0.2) is 41.5 Å². The predicted molar refractivity (Wildman–Crippen MR) is 170 cm³/mol. The molecule has 0 bridgehead atoms. The molecule has 3 saturated carbocycles. The Morgan fingerprint density at radius 1 is 1.09 bits per heavy atom. The van der Waals surface area contributed by atoms with Crippen LogP contribution in [-0.4, -0.2) is 54.0 Å². The maximum atomic E-state index is 12.7. The van der Waals surface area contributed by atoms with Crippen LogP contribution in [0.3, 0.4) is 0 Å². The van der Waals surface area contributed by atoms with Gasteiger partial charge in [-0.3, -0.25) is 14.5 Å². The van der Waals surface area contributed by atoms with Gasteiger partial charge in [0.2, 0.25) is 5.91 Å². The van der Waals surface area contributed by atoms with E-state index in [1.165, 1.54) is 32.1 Å². The van der Waals surface area contributed by atoms with Crippen molar-refractivity contribution < 1.29 is 14.3 Å². The van der Waals surface area contributed by atoms with Gasteiger partial charge in [0, 0.05) is 44.4 Å². The molecule has 1 aromatic carbocycles. The van der Waals surface area contributed by atoms with Crippen molar-refractivity contribution >= 4 is 11.7 Å². The molecule has 234 valence electrons. The number of likely N-dealkylation sites (tertiary alicyclic amines) is 1. The fraction of sp³-hybridized carbons (Fsp3) is 0.737. The van der Waals surface area contributed by atoms with E-state index in [9.17, 15) is 9.59 Å². The molecule has 2 saturated heterocycles. The van der Waals surface area contributed by atoms with Gasteiger partial charge >= 0.3 is 0 Å². The van der Waals surface area contributed by atoms with E-state index < -0.39 is 0 Å². The van der Waals surface area contributed by atoms with Gasteiger partial charge in [-0.1, -0.05) is 62.2 Å². The van der Waals surface area contributed by atoms with Crippen LogP contribution in [0.25, 0.3) is 0 Å². The van der Waals surface area contributed by atoms with E-state index in [1.54, 1.807) is 11.1 Å². The third-order valence-electron chi connectivity index (χ3n) is 13.6. The Morgan fingerprint density at radius 3 is 2.72 bits per heavy atom. The van der Waals surface area contributed by atoms with Gasteiger partial charge in [0.1, 0.15) is 5.78 Å². The molecular weight excluding hydrogens is 532 g/mol. The Balaban J connectivity index is 1.04. The standard InChI is InChI=1S/C38H54N2O3/c1-24-18-34-36(40(23-24)17-16-39-35(42)19-27-8-6-5-7-9-27)26(3)38(43-34)15-13-30-31-11-10-28-20-29(41)12-14-37(28,4)33(31)21-32(30)25(2)22-38/h5-9,24,26,28,30-31,33-34,36H,10-23H2,1-4H3,(H,39,42)/t24-,26+,28+,30-,31-,33-,34+,36-,37-,38?/m0/s1. The molecule has 7 rings (SSSR count). The van der Waals surface area contributed by atoms with Crippen molar-refractivity contribution in [2.75, 3.05) is 19.6 Å². The minimum Gasteiger partial charge on any atom is -0.369 e. The van der Waals surface area contributed by atoms with Gasteiger partial charge in [0.05, 0.1) is 18.1 Å². The SMILES string of the molecule is CC1=C2C[C@H]3[C@@H](CC[C@@H]4CC(=O)CC[C@@]43C)[C@@H]2CCC2(C1)O[C@@H]1C[C@H](C)CN(CCNC(=O)Cc3ccccc3)[C@H]1[C@H]2C. The van der Waals surface area contributed by atoms with Gasteiger partial charge in [0.25, 0.3) is 0 Å². The first-order chi connectivity index (χ1) is 20.7. The summed E-state index contributed by atoms with van der Waals surface area (Å²) >= 11 is 0. The second-order valence-electron chi connectivity index (χ2n) is 16.0. The van der Waals surface area contributed by atoms with Crippen LogP contribution in [0, 0.1) is 40.9 Å². The van der Waals surface area contributed by atoms with Gasteiger partial charge in [-0.15, -0.1) is 0 Å². The number of ether oxygens (including phenoxy) is 1. The lowest BCUT2D eigenvalue weighted by Crippen LogP contribution is -2.53. The minimum absolute atomic E-state index is 0.0660. The van der Waals surface area contributed by atoms with Gasteiger partial charge < -0.3 is 10.1 Å². The topological polar surface area (TPSA) is 58.6 Å². The highest BCUT2D eigenvalue weighted by Crippen LogP contribution is 2.65. The van der Waals surface area contributed by atoms with Gasteiger partial charge in [0.15, 0.2) is 0 Å². The number of ketones is 1. The van der Waals surface area contributed by atoms with E-state index in [0.29, 0.717) is 53.9 Å². The highest BCUT2D eigenvalue weighted by atomic mass is 16.5. The molecule has 6 aliphatic rings. The number of rotatable bonds is 5. The number of hydrogen-bond acceptors (Lipinski definition) is 4. The summed E-state index contributed by atoms with van der Waals surface area (Å²) in [6.45, 7) is 12.5. The van der Waals surface area contributed by atoms with E-state index in [1.807, 2.05) is 30.3 Å². The first kappa shape index (κ1) is 29.7. The van der Waals surface area contributed by atoms with Crippen LogP contribution in [0.2, 0.25) is 0 Å². The molecule has 4 aliphatic carbocycles. The lowest BCUT2D eigenvalue weighted by atomic mass is 9.52. The zero-order valence-electron chi connectivity index (χ0n) is 27.1. The summed E-state index contributed by atoms with van der Waals surface area (Å²) in [6, 6.07) is 10.5. The summed E-state index contributed by atoms with van der Waals surface area (Å²) < 4.78 is 7.28. The van der Waals surface area contributed by atoms with E-state index >= 15 is 0 Å². The zero-order chi connectivity index (χ0) is 29.9. The molecule has 1 spiro atoms. The third-order valence-corrected chi connectivity index (χ3v) is 13.6. The number of hydrogen-bond donors (Lipinski definition) is 1. The van der Waals surface area contributed by atoms with Crippen molar-refractivity contribution in [3.05, 3.63) is 47.0 Å². The van der Waals surface area contributed by atoms with E-state index in [2.05, 4.69) is 37.9 Å². The van der Waals surface area contributed by atoms with Crippen LogP contribution in [-0.2, 0) is 20.7 Å². The number of fused-ring (bicyclic) bond motifs is 6. The Kier molecular flexibility index (Phi) is 7.90. The van der Waals surface area contributed by atoms with Gasteiger partial charge in [-0.05, 0) is 98.9 Å².